The molecule has 0 aromatic heterocycles. The van der Waals surface area contributed by atoms with Crippen LogP contribution in [0.3, 0.4) is 0 Å². The molecule has 2 aromatic rings. The van der Waals surface area contributed by atoms with Crippen LogP contribution in [-0.4, -0.2) is 61.0 Å². The lowest BCUT2D eigenvalue weighted by molar-refractivity contribution is -0.137. The summed E-state index contributed by atoms with van der Waals surface area (Å²) < 4.78 is 50.4. The molecular formula is C27H33F3N2O4. The summed E-state index contributed by atoms with van der Waals surface area (Å²) in [7, 11) is 1.61. The molecule has 0 bridgehead atoms. The van der Waals surface area contributed by atoms with E-state index in [-0.39, 0.29) is 37.0 Å². The van der Waals surface area contributed by atoms with E-state index in [1.807, 2.05) is 24.3 Å². The van der Waals surface area contributed by atoms with Gasteiger partial charge in [0.15, 0.2) is 0 Å². The predicted octanol–water partition coefficient (Wildman–Crippen LogP) is 5.02. The second-order valence-electron chi connectivity index (χ2n) is 9.35. The smallest absolute Gasteiger partial charge is 0.416 e. The zero-order chi connectivity index (χ0) is 26.3. The van der Waals surface area contributed by atoms with Gasteiger partial charge in [-0.3, -0.25) is 9.59 Å². The van der Waals surface area contributed by atoms with Gasteiger partial charge in [-0.25, -0.2) is 0 Å². The lowest BCUT2D eigenvalue weighted by Gasteiger charge is -2.32. The van der Waals surface area contributed by atoms with Crippen molar-refractivity contribution in [2.75, 3.05) is 33.4 Å². The minimum Gasteiger partial charge on any atom is -0.497 e. The van der Waals surface area contributed by atoms with Crippen molar-refractivity contribution in [3.8, 4) is 5.75 Å². The van der Waals surface area contributed by atoms with Gasteiger partial charge in [0.25, 0.3) is 5.91 Å². The molecule has 3 rings (SSSR count). The molecule has 1 fully saturated rings. The van der Waals surface area contributed by atoms with E-state index < -0.39 is 17.6 Å². The van der Waals surface area contributed by atoms with Crippen LogP contribution in [0.15, 0.2) is 48.5 Å². The minimum absolute atomic E-state index is 0.0349. The number of halogens is 3. The van der Waals surface area contributed by atoms with Gasteiger partial charge in [0.05, 0.1) is 31.9 Å². The van der Waals surface area contributed by atoms with E-state index in [1.54, 1.807) is 12.0 Å². The maximum Gasteiger partial charge on any atom is 0.416 e. The molecule has 0 radical (unpaired) electrons. The van der Waals surface area contributed by atoms with Crippen molar-refractivity contribution in [2.24, 2.45) is 5.92 Å². The van der Waals surface area contributed by atoms with Crippen LogP contribution in [0.2, 0.25) is 0 Å². The molecule has 1 heterocycles. The quantitative estimate of drug-likeness (QED) is 0.479. The molecule has 9 heteroatoms. The number of amides is 2. The molecule has 0 spiro atoms. The van der Waals surface area contributed by atoms with Gasteiger partial charge in [-0.15, -0.1) is 0 Å². The Morgan fingerprint density at radius 2 is 1.78 bits per heavy atom. The molecule has 2 amide bonds. The Morgan fingerprint density at radius 3 is 2.42 bits per heavy atom. The summed E-state index contributed by atoms with van der Waals surface area (Å²) >= 11 is 0. The molecule has 0 saturated carbocycles. The number of hydrogen-bond acceptors (Lipinski definition) is 4. The third-order valence-corrected chi connectivity index (χ3v) is 6.17. The summed E-state index contributed by atoms with van der Waals surface area (Å²) in [5, 5.41) is 0. The highest BCUT2D eigenvalue weighted by Gasteiger charge is 2.33. The Morgan fingerprint density at radius 1 is 1.06 bits per heavy atom. The Labute approximate surface area is 210 Å². The highest BCUT2D eigenvalue weighted by Crippen LogP contribution is 2.30. The molecule has 6 nitrogen and oxygen atoms in total. The predicted molar refractivity (Wildman–Crippen MR) is 130 cm³/mol. The first-order valence-electron chi connectivity index (χ1n) is 12.0. The van der Waals surface area contributed by atoms with Gasteiger partial charge in [0.2, 0.25) is 5.91 Å². The fourth-order valence-corrected chi connectivity index (χ4v) is 4.30. The average molecular weight is 507 g/mol. The highest BCUT2D eigenvalue weighted by molar-refractivity contribution is 5.95. The number of carbonyl (C=O) groups is 2. The third kappa shape index (κ3) is 7.46. The summed E-state index contributed by atoms with van der Waals surface area (Å²) in [5.74, 6) is 0.481. The van der Waals surface area contributed by atoms with E-state index >= 15 is 0 Å². The lowest BCUT2D eigenvalue weighted by Crippen LogP contribution is -2.45. The van der Waals surface area contributed by atoms with E-state index in [4.69, 9.17) is 9.47 Å². The number of carbonyl (C=O) groups excluding carboxylic acids is 2. The van der Waals surface area contributed by atoms with Crippen molar-refractivity contribution in [2.45, 2.75) is 45.5 Å². The lowest BCUT2D eigenvalue weighted by atomic mass is 10.0. The van der Waals surface area contributed by atoms with Crippen molar-refractivity contribution < 1.29 is 32.2 Å². The zero-order valence-corrected chi connectivity index (χ0v) is 20.9. The van der Waals surface area contributed by atoms with Crippen LogP contribution in [0, 0.1) is 5.92 Å². The maximum absolute atomic E-state index is 13.1. The summed E-state index contributed by atoms with van der Waals surface area (Å²) in [5.41, 5.74) is 0.0818. The molecule has 0 unspecified atom stereocenters. The first-order valence-corrected chi connectivity index (χ1v) is 12.0. The molecule has 1 saturated heterocycles. The fraction of sp³-hybridized carbons (Fsp3) is 0.481. The average Bonchev–Trinajstić information content (AvgIpc) is 3.04. The van der Waals surface area contributed by atoms with Gasteiger partial charge in [0, 0.05) is 31.6 Å². The maximum atomic E-state index is 13.1. The Kier molecular flexibility index (Phi) is 9.37. The fourth-order valence-electron chi connectivity index (χ4n) is 4.30. The molecule has 0 aliphatic carbocycles. The van der Waals surface area contributed by atoms with E-state index in [2.05, 4.69) is 13.8 Å². The van der Waals surface area contributed by atoms with Gasteiger partial charge in [-0.1, -0.05) is 32.0 Å². The van der Waals surface area contributed by atoms with Crippen LogP contribution in [0.1, 0.15) is 48.2 Å². The normalized spacial score (nSPS) is 15.7. The number of nitrogens with zero attached hydrogens (tertiary/aromatic N) is 2. The Bertz CT molecular complexity index is 1020. The number of rotatable bonds is 9. The van der Waals surface area contributed by atoms with Crippen molar-refractivity contribution in [1.29, 1.82) is 0 Å². The molecule has 2 aromatic carbocycles. The van der Waals surface area contributed by atoms with Crippen LogP contribution < -0.4 is 4.74 Å². The number of methoxy groups -OCH3 is 1. The Balaban J connectivity index is 1.65. The summed E-state index contributed by atoms with van der Waals surface area (Å²) in [6, 6.07) is 11.8. The summed E-state index contributed by atoms with van der Waals surface area (Å²) in [6.45, 7) is 5.58. The topological polar surface area (TPSA) is 59.1 Å². The van der Waals surface area contributed by atoms with Gasteiger partial charge in [-0.05, 0) is 48.2 Å². The number of benzene rings is 2. The number of alkyl halides is 3. The molecule has 1 aliphatic rings. The Hall–Kier alpha value is -3.07. The number of ether oxygens (including phenoxy) is 2. The summed E-state index contributed by atoms with van der Waals surface area (Å²) in [4.78, 5) is 29.2. The van der Waals surface area contributed by atoms with Crippen LogP contribution in [-0.2, 0) is 22.3 Å². The van der Waals surface area contributed by atoms with Gasteiger partial charge >= 0.3 is 6.18 Å². The second kappa shape index (κ2) is 12.3. The SMILES string of the molecule is COc1ccc(COC[C@H](CC(C)C)N2CCN(C(=O)c3cccc(C(F)(F)F)c3)CCC2=O)cc1. The minimum atomic E-state index is -4.53. The molecule has 36 heavy (non-hydrogen) atoms. The van der Waals surface area contributed by atoms with Gasteiger partial charge < -0.3 is 19.3 Å². The molecule has 1 aliphatic heterocycles. The third-order valence-electron chi connectivity index (χ3n) is 6.17. The monoisotopic (exact) mass is 506 g/mol. The molecular weight excluding hydrogens is 473 g/mol. The van der Waals surface area contributed by atoms with Crippen LogP contribution in [0.5, 0.6) is 5.75 Å². The van der Waals surface area contributed by atoms with Crippen LogP contribution in [0.4, 0.5) is 13.2 Å². The van der Waals surface area contributed by atoms with Crippen LogP contribution >= 0.6 is 0 Å². The molecule has 1 atom stereocenters. The standard InChI is InChI=1S/C27H33F3N2O4/c1-19(2)15-23(18-36-17-20-7-9-24(35-3)10-8-20)32-14-13-31(12-11-25(32)33)26(34)21-5-4-6-22(16-21)27(28,29)30/h4-10,16,19,23H,11-15,17-18H2,1-3H3/t23-/m0/s1. The van der Waals surface area contributed by atoms with E-state index in [0.29, 0.717) is 25.7 Å². The van der Waals surface area contributed by atoms with Crippen molar-refractivity contribution in [3.63, 3.8) is 0 Å². The molecule has 196 valence electrons. The van der Waals surface area contributed by atoms with Crippen molar-refractivity contribution in [1.82, 2.24) is 9.80 Å². The summed E-state index contributed by atoms with van der Waals surface area (Å²) in [6.07, 6.45) is -3.69. The number of hydrogen-bond donors (Lipinski definition) is 0. The van der Waals surface area contributed by atoms with E-state index in [1.165, 1.54) is 17.0 Å². The van der Waals surface area contributed by atoms with E-state index in [0.717, 1.165) is 29.9 Å². The highest BCUT2D eigenvalue weighted by atomic mass is 19.4. The second-order valence-corrected chi connectivity index (χ2v) is 9.35. The van der Waals surface area contributed by atoms with Crippen LogP contribution in [0.25, 0.3) is 0 Å². The van der Waals surface area contributed by atoms with E-state index in [9.17, 15) is 22.8 Å². The van der Waals surface area contributed by atoms with Crippen molar-refractivity contribution >= 4 is 11.8 Å². The largest absolute Gasteiger partial charge is 0.497 e. The van der Waals surface area contributed by atoms with Gasteiger partial charge in [0.1, 0.15) is 5.75 Å². The van der Waals surface area contributed by atoms with Crippen molar-refractivity contribution in [3.05, 3.63) is 65.2 Å². The first-order chi connectivity index (χ1) is 17.1. The first kappa shape index (κ1) is 27.5. The molecule has 0 N–H and O–H groups in total. The zero-order valence-electron chi connectivity index (χ0n) is 20.9. The van der Waals surface area contributed by atoms with Gasteiger partial charge in [-0.2, -0.15) is 13.2 Å².